The molecule has 0 fully saturated rings. The predicted octanol–water partition coefficient (Wildman–Crippen LogP) is 4.32. The maximum absolute atomic E-state index is 5.15. The van der Waals surface area contributed by atoms with Gasteiger partial charge in [0.05, 0.1) is 13.2 Å². The summed E-state index contributed by atoms with van der Waals surface area (Å²) >= 11 is 0. The quantitative estimate of drug-likeness (QED) is 0.486. The summed E-state index contributed by atoms with van der Waals surface area (Å²) in [7, 11) is 3.52. The zero-order valence-corrected chi connectivity index (χ0v) is 9.35. The second kappa shape index (κ2) is 10.0. The van der Waals surface area contributed by atoms with Gasteiger partial charge in [-0.3, -0.25) is 0 Å². The Morgan fingerprint density at radius 2 is 1.62 bits per heavy atom. The Bertz CT molecular complexity index is 91.1. The molecule has 79 valence electrons. The SMILES string of the molecule is [CH2]OC(CCC)CCCCCCC. The van der Waals surface area contributed by atoms with E-state index in [9.17, 15) is 0 Å². The van der Waals surface area contributed by atoms with Crippen molar-refractivity contribution in [3.63, 3.8) is 0 Å². The van der Waals surface area contributed by atoms with E-state index in [0.717, 1.165) is 6.42 Å². The highest BCUT2D eigenvalue weighted by molar-refractivity contribution is 4.57. The average Bonchev–Trinajstić information content (AvgIpc) is 2.16. The maximum atomic E-state index is 5.15. The van der Waals surface area contributed by atoms with Crippen molar-refractivity contribution in [2.75, 3.05) is 0 Å². The molecule has 1 unspecified atom stereocenters. The maximum Gasteiger partial charge on any atom is 0.0704 e. The lowest BCUT2D eigenvalue weighted by Gasteiger charge is -2.13. The van der Waals surface area contributed by atoms with Crippen LogP contribution in [0.5, 0.6) is 0 Å². The lowest BCUT2D eigenvalue weighted by molar-refractivity contribution is 0.117. The average molecular weight is 185 g/mol. The van der Waals surface area contributed by atoms with E-state index in [-0.39, 0.29) is 0 Å². The molecule has 0 heterocycles. The minimum atomic E-state index is 0.409. The highest BCUT2D eigenvalue weighted by atomic mass is 16.5. The summed E-state index contributed by atoms with van der Waals surface area (Å²) in [6.45, 7) is 4.45. The zero-order valence-electron chi connectivity index (χ0n) is 9.35. The standard InChI is InChI=1S/C12H25O/c1-4-6-7-8-9-11-12(13-3)10-5-2/h12H,3-11H2,1-2H3. The summed E-state index contributed by atoms with van der Waals surface area (Å²) < 4.78 is 5.15. The highest BCUT2D eigenvalue weighted by Gasteiger charge is 2.04. The lowest BCUT2D eigenvalue weighted by atomic mass is 10.1. The van der Waals surface area contributed by atoms with E-state index in [0.29, 0.717) is 6.10 Å². The van der Waals surface area contributed by atoms with Gasteiger partial charge in [-0.2, -0.15) is 0 Å². The van der Waals surface area contributed by atoms with E-state index < -0.39 is 0 Å². The molecule has 1 radical (unpaired) electrons. The highest BCUT2D eigenvalue weighted by Crippen LogP contribution is 2.12. The molecule has 0 aromatic carbocycles. The molecule has 1 atom stereocenters. The van der Waals surface area contributed by atoms with Gasteiger partial charge in [0.15, 0.2) is 0 Å². The van der Waals surface area contributed by atoms with Crippen LogP contribution in [-0.4, -0.2) is 6.10 Å². The van der Waals surface area contributed by atoms with Gasteiger partial charge in [-0.15, -0.1) is 0 Å². The van der Waals surface area contributed by atoms with E-state index >= 15 is 0 Å². The van der Waals surface area contributed by atoms with E-state index in [1.807, 2.05) is 0 Å². The summed E-state index contributed by atoms with van der Waals surface area (Å²) in [5.41, 5.74) is 0. The molecular weight excluding hydrogens is 160 g/mol. The molecule has 0 aliphatic carbocycles. The molecule has 0 spiro atoms. The third kappa shape index (κ3) is 8.29. The second-order valence-electron chi connectivity index (χ2n) is 3.78. The molecule has 0 saturated heterocycles. The number of hydrogen-bond donors (Lipinski definition) is 0. The first-order valence-electron chi connectivity index (χ1n) is 5.76. The summed E-state index contributed by atoms with van der Waals surface area (Å²) in [6, 6.07) is 0. The van der Waals surface area contributed by atoms with Crippen LogP contribution in [0, 0.1) is 7.11 Å². The van der Waals surface area contributed by atoms with E-state index in [4.69, 9.17) is 4.74 Å². The molecule has 0 N–H and O–H groups in total. The van der Waals surface area contributed by atoms with Gasteiger partial charge in [-0.1, -0.05) is 52.4 Å². The first-order valence-corrected chi connectivity index (χ1v) is 5.76. The van der Waals surface area contributed by atoms with Crippen molar-refractivity contribution >= 4 is 0 Å². The van der Waals surface area contributed by atoms with Crippen LogP contribution in [0.3, 0.4) is 0 Å². The molecule has 0 rings (SSSR count). The largest absolute Gasteiger partial charge is 0.376 e. The van der Waals surface area contributed by atoms with Crippen molar-refractivity contribution in [1.29, 1.82) is 0 Å². The topological polar surface area (TPSA) is 9.23 Å². The molecule has 0 aromatic heterocycles. The molecule has 1 heteroatoms. The van der Waals surface area contributed by atoms with Crippen LogP contribution in [0.2, 0.25) is 0 Å². The van der Waals surface area contributed by atoms with Gasteiger partial charge in [0.25, 0.3) is 0 Å². The number of ether oxygens (including phenoxy) is 1. The number of hydrogen-bond acceptors (Lipinski definition) is 1. The van der Waals surface area contributed by atoms with Crippen molar-refractivity contribution in [1.82, 2.24) is 0 Å². The monoisotopic (exact) mass is 185 g/mol. The minimum absolute atomic E-state index is 0.409. The second-order valence-corrected chi connectivity index (χ2v) is 3.78. The third-order valence-corrected chi connectivity index (χ3v) is 2.48. The molecule has 0 aromatic rings. The molecular formula is C12H25O. The van der Waals surface area contributed by atoms with E-state index in [1.165, 1.54) is 44.9 Å². The summed E-state index contributed by atoms with van der Waals surface area (Å²) in [5, 5.41) is 0. The van der Waals surface area contributed by atoms with Crippen molar-refractivity contribution in [2.45, 2.75) is 71.3 Å². The van der Waals surface area contributed by atoms with Crippen LogP contribution in [0.1, 0.15) is 65.2 Å². The predicted molar refractivity (Wildman–Crippen MR) is 58.5 cm³/mol. The Labute approximate surface area is 83.9 Å². The summed E-state index contributed by atoms with van der Waals surface area (Å²) in [6.07, 6.45) is 10.7. The van der Waals surface area contributed by atoms with Crippen LogP contribution < -0.4 is 0 Å². The zero-order chi connectivity index (χ0) is 9.94. The molecule has 1 nitrogen and oxygen atoms in total. The lowest BCUT2D eigenvalue weighted by Crippen LogP contribution is -2.08. The van der Waals surface area contributed by atoms with Crippen LogP contribution in [0.25, 0.3) is 0 Å². The van der Waals surface area contributed by atoms with Gasteiger partial charge in [0.2, 0.25) is 0 Å². The molecule has 13 heavy (non-hydrogen) atoms. The fraction of sp³-hybridized carbons (Fsp3) is 0.917. The van der Waals surface area contributed by atoms with E-state index in [1.54, 1.807) is 0 Å². The third-order valence-electron chi connectivity index (χ3n) is 2.48. The van der Waals surface area contributed by atoms with Crippen LogP contribution in [-0.2, 0) is 4.74 Å². The van der Waals surface area contributed by atoms with Gasteiger partial charge in [0, 0.05) is 0 Å². The normalized spacial score (nSPS) is 13.2. The van der Waals surface area contributed by atoms with Crippen molar-refractivity contribution in [3.05, 3.63) is 7.11 Å². The van der Waals surface area contributed by atoms with Crippen LogP contribution in [0.15, 0.2) is 0 Å². The van der Waals surface area contributed by atoms with Crippen molar-refractivity contribution in [3.8, 4) is 0 Å². The van der Waals surface area contributed by atoms with E-state index in [2.05, 4.69) is 21.0 Å². The molecule has 0 bridgehead atoms. The molecule has 0 aliphatic heterocycles. The summed E-state index contributed by atoms with van der Waals surface area (Å²) in [4.78, 5) is 0. The Kier molecular flexibility index (Phi) is 10.0. The Balaban J connectivity index is 3.17. The Morgan fingerprint density at radius 3 is 2.15 bits per heavy atom. The Morgan fingerprint density at radius 1 is 0.923 bits per heavy atom. The van der Waals surface area contributed by atoms with Crippen LogP contribution >= 0.6 is 0 Å². The van der Waals surface area contributed by atoms with Gasteiger partial charge >= 0.3 is 0 Å². The van der Waals surface area contributed by atoms with Gasteiger partial charge in [0.1, 0.15) is 0 Å². The number of unbranched alkanes of at least 4 members (excludes halogenated alkanes) is 4. The van der Waals surface area contributed by atoms with Crippen LogP contribution in [0.4, 0.5) is 0 Å². The smallest absolute Gasteiger partial charge is 0.0704 e. The van der Waals surface area contributed by atoms with Gasteiger partial charge in [-0.25, -0.2) is 0 Å². The van der Waals surface area contributed by atoms with Crippen molar-refractivity contribution < 1.29 is 4.74 Å². The fourth-order valence-corrected chi connectivity index (χ4v) is 1.61. The first kappa shape index (κ1) is 13.0. The summed E-state index contributed by atoms with van der Waals surface area (Å²) in [5.74, 6) is 0. The van der Waals surface area contributed by atoms with Gasteiger partial charge < -0.3 is 4.74 Å². The van der Waals surface area contributed by atoms with Gasteiger partial charge in [-0.05, 0) is 12.8 Å². The fourth-order valence-electron chi connectivity index (χ4n) is 1.61. The van der Waals surface area contributed by atoms with Crippen molar-refractivity contribution in [2.24, 2.45) is 0 Å². The Hall–Kier alpha value is -0.0400. The first-order chi connectivity index (χ1) is 6.35. The number of rotatable bonds is 9. The molecule has 0 amide bonds. The molecule has 0 aliphatic rings. The molecule has 0 saturated carbocycles. The minimum Gasteiger partial charge on any atom is -0.376 e.